The Bertz CT molecular complexity index is 680. The van der Waals surface area contributed by atoms with Gasteiger partial charge in [0, 0.05) is 36.5 Å². The fourth-order valence-corrected chi connectivity index (χ4v) is 2.04. The van der Waals surface area contributed by atoms with Crippen LogP contribution in [0.1, 0.15) is 16.2 Å². The summed E-state index contributed by atoms with van der Waals surface area (Å²) in [6.45, 7) is 0. The molecule has 0 bridgehead atoms. The molecule has 3 aromatic rings. The lowest BCUT2D eigenvalue weighted by molar-refractivity contribution is 0.103. The van der Waals surface area contributed by atoms with Crippen molar-refractivity contribution in [2.24, 2.45) is 7.05 Å². The zero-order valence-electron chi connectivity index (χ0n) is 9.34. The maximum absolute atomic E-state index is 12.2. The van der Waals surface area contributed by atoms with E-state index in [-0.39, 0.29) is 5.78 Å². The van der Waals surface area contributed by atoms with E-state index in [1.807, 2.05) is 42.1 Å². The van der Waals surface area contributed by atoms with E-state index < -0.39 is 0 Å². The molecule has 1 N–H and O–H groups in total. The number of carbonyl (C=O) groups is 1. The lowest BCUT2D eigenvalue weighted by Gasteiger charge is -1.95. The highest BCUT2D eigenvalue weighted by Gasteiger charge is 2.16. The number of aromatic nitrogens is 3. The molecule has 84 valence electrons. The van der Waals surface area contributed by atoms with Crippen LogP contribution in [0, 0.1) is 0 Å². The number of aromatic amines is 1. The van der Waals surface area contributed by atoms with Crippen LogP contribution in [0.5, 0.6) is 0 Å². The Balaban J connectivity index is 2.22. The van der Waals surface area contributed by atoms with Crippen molar-refractivity contribution in [3.8, 4) is 0 Å². The van der Waals surface area contributed by atoms with Crippen molar-refractivity contribution in [2.75, 3.05) is 0 Å². The molecular formula is C13H11N3O. The average molecular weight is 225 g/mol. The summed E-state index contributed by atoms with van der Waals surface area (Å²) in [4.78, 5) is 19.1. The van der Waals surface area contributed by atoms with Gasteiger partial charge in [0.25, 0.3) is 0 Å². The van der Waals surface area contributed by atoms with Crippen molar-refractivity contribution < 1.29 is 4.79 Å². The lowest BCUT2D eigenvalue weighted by Crippen LogP contribution is -2.02. The van der Waals surface area contributed by atoms with Gasteiger partial charge in [-0.05, 0) is 6.07 Å². The minimum absolute atomic E-state index is 0.0770. The second-order valence-corrected chi connectivity index (χ2v) is 3.94. The Labute approximate surface area is 97.9 Å². The molecule has 4 nitrogen and oxygen atoms in total. The number of carbonyl (C=O) groups excluding carboxylic acids is 1. The molecule has 0 aliphatic heterocycles. The summed E-state index contributed by atoms with van der Waals surface area (Å²) < 4.78 is 1.95. The van der Waals surface area contributed by atoms with Crippen LogP contribution in [0.2, 0.25) is 0 Å². The predicted molar refractivity (Wildman–Crippen MR) is 64.9 cm³/mol. The van der Waals surface area contributed by atoms with Crippen LogP contribution in [0.25, 0.3) is 10.9 Å². The van der Waals surface area contributed by atoms with Crippen LogP contribution in [0.4, 0.5) is 0 Å². The molecule has 0 spiro atoms. The number of fused-ring (bicyclic) bond motifs is 1. The number of aryl methyl sites for hydroxylation is 1. The highest BCUT2D eigenvalue weighted by atomic mass is 16.1. The topological polar surface area (TPSA) is 50.7 Å². The molecule has 4 heteroatoms. The second kappa shape index (κ2) is 3.59. The van der Waals surface area contributed by atoms with Gasteiger partial charge in [-0.25, -0.2) is 4.98 Å². The summed E-state index contributed by atoms with van der Waals surface area (Å²) in [7, 11) is 1.93. The molecule has 0 radical (unpaired) electrons. The smallest absolute Gasteiger partial charge is 0.230 e. The molecule has 0 aliphatic carbocycles. The SMILES string of the molecule is Cn1cc(C(=O)c2ncc[nH]2)c2ccccc21. The van der Waals surface area contributed by atoms with Gasteiger partial charge in [-0.1, -0.05) is 18.2 Å². The molecule has 0 atom stereocenters. The van der Waals surface area contributed by atoms with Crippen molar-refractivity contribution in [2.45, 2.75) is 0 Å². The number of H-pyrrole nitrogens is 1. The second-order valence-electron chi connectivity index (χ2n) is 3.94. The number of hydrogen-bond acceptors (Lipinski definition) is 2. The summed E-state index contributed by atoms with van der Waals surface area (Å²) in [5, 5.41) is 0.955. The minimum atomic E-state index is -0.0770. The molecule has 2 aromatic heterocycles. The van der Waals surface area contributed by atoms with Crippen LogP contribution >= 0.6 is 0 Å². The molecule has 2 heterocycles. The fourth-order valence-electron chi connectivity index (χ4n) is 2.04. The van der Waals surface area contributed by atoms with Crippen molar-refractivity contribution >= 4 is 16.7 Å². The summed E-state index contributed by atoms with van der Waals surface area (Å²) in [5.41, 5.74) is 1.72. The van der Waals surface area contributed by atoms with Gasteiger partial charge in [-0.3, -0.25) is 4.79 Å². The van der Waals surface area contributed by atoms with Crippen molar-refractivity contribution in [1.29, 1.82) is 0 Å². The van der Waals surface area contributed by atoms with E-state index in [9.17, 15) is 4.79 Å². The van der Waals surface area contributed by atoms with E-state index >= 15 is 0 Å². The maximum atomic E-state index is 12.2. The van der Waals surface area contributed by atoms with Gasteiger partial charge in [0.05, 0.1) is 5.56 Å². The first-order chi connectivity index (χ1) is 8.27. The Morgan fingerprint density at radius 2 is 2.18 bits per heavy atom. The summed E-state index contributed by atoms with van der Waals surface area (Å²) in [6.07, 6.45) is 5.08. The van der Waals surface area contributed by atoms with E-state index in [2.05, 4.69) is 9.97 Å². The Morgan fingerprint density at radius 3 is 2.94 bits per heavy atom. The highest BCUT2D eigenvalue weighted by molar-refractivity contribution is 6.14. The maximum Gasteiger partial charge on any atom is 0.230 e. The molecule has 0 unspecified atom stereocenters. The monoisotopic (exact) mass is 225 g/mol. The van der Waals surface area contributed by atoms with Gasteiger partial charge < -0.3 is 9.55 Å². The third kappa shape index (κ3) is 1.45. The number of benzene rings is 1. The third-order valence-electron chi connectivity index (χ3n) is 2.85. The van der Waals surface area contributed by atoms with Crippen LogP contribution in [-0.2, 0) is 7.05 Å². The molecule has 0 aliphatic rings. The first kappa shape index (κ1) is 9.84. The Hall–Kier alpha value is -2.36. The van der Waals surface area contributed by atoms with Crippen molar-refractivity contribution in [3.63, 3.8) is 0 Å². The Kier molecular flexibility index (Phi) is 2.08. The quantitative estimate of drug-likeness (QED) is 0.679. The lowest BCUT2D eigenvalue weighted by atomic mass is 10.1. The normalized spacial score (nSPS) is 10.9. The summed E-state index contributed by atoms with van der Waals surface area (Å²) >= 11 is 0. The number of nitrogens with zero attached hydrogens (tertiary/aromatic N) is 2. The number of para-hydroxylation sites is 1. The fraction of sp³-hybridized carbons (Fsp3) is 0.0769. The predicted octanol–water partition coefficient (Wildman–Crippen LogP) is 2.13. The molecule has 1 aromatic carbocycles. The number of ketones is 1. The van der Waals surface area contributed by atoms with Crippen LogP contribution in [-0.4, -0.2) is 20.3 Å². The summed E-state index contributed by atoms with van der Waals surface area (Å²) in [5.74, 6) is 0.299. The van der Waals surface area contributed by atoms with Gasteiger partial charge >= 0.3 is 0 Å². The number of rotatable bonds is 2. The molecule has 0 saturated heterocycles. The molecule has 3 rings (SSSR count). The van der Waals surface area contributed by atoms with Gasteiger partial charge in [-0.15, -0.1) is 0 Å². The molecule has 17 heavy (non-hydrogen) atoms. The average Bonchev–Trinajstić information content (AvgIpc) is 2.97. The van der Waals surface area contributed by atoms with E-state index in [0.29, 0.717) is 11.4 Å². The summed E-state index contributed by atoms with van der Waals surface area (Å²) in [6, 6.07) is 7.84. The molecule has 0 saturated carbocycles. The first-order valence-electron chi connectivity index (χ1n) is 5.35. The number of imidazole rings is 1. The van der Waals surface area contributed by atoms with Gasteiger partial charge in [-0.2, -0.15) is 0 Å². The van der Waals surface area contributed by atoms with E-state index in [1.165, 1.54) is 0 Å². The van der Waals surface area contributed by atoms with Crippen LogP contribution in [0.15, 0.2) is 42.9 Å². The van der Waals surface area contributed by atoms with Crippen LogP contribution in [0.3, 0.4) is 0 Å². The van der Waals surface area contributed by atoms with Gasteiger partial charge in [0.1, 0.15) is 0 Å². The molecular weight excluding hydrogens is 214 g/mol. The largest absolute Gasteiger partial charge is 0.350 e. The number of nitrogens with one attached hydrogen (secondary N) is 1. The highest BCUT2D eigenvalue weighted by Crippen LogP contribution is 2.21. The Morgan fingerprint density at radius 1 is 1.35 bits per heavy atom. The van der Waals surface area contributed by atoms with Gasteiger partial charge in [0.2, 0.25) is 5.78 Å². The van der Waals surface area contributed by atoms with E-state index in [1.54, 1.807) is 12.4 Å². The van der Waals surface area contributed by atoms with Gasteiger partial charge in [0.15, 0.2) is 5.82 Å². The third-order valence-corrected chi connectivity index (χ3v) is 2.85. The van der Waals surface area contributed by atoms with Crippen LogP contribution < -0.4 is 0 Å². The van der Waals surface area contributed by atoms with Crippen molar-refractivity contribution in [3.05, 3.63) is 54.2 Å². The zero-order valence-corrected chi connectivity index (χ0v) is 9.34. The first-order valence-corrected chi connectivity index (χ1v) is 5.35. The van der Waals surface area contributed by atoms with E-state index in [4.69, 9.17) is 0 Å². The number of hydrogen-bond donors (Lipinski definition) is 1. The van der Waals surface area contributed by atoms with E-state index in [0.717, 1.165) is 10.9 Å². The molecule has 0 fully saturated rings. The zero-order chi connectivity index (χ0) is 11.8. The van der Waals surface area contributed by atoms with Crippen molar-refractivity contribution in [1.82, 2.24) is 14.5 Å². The minimum Gasteiger partial charge on any atom is -0.350 e. The molecule has 0 amide bonds. The standard InChI is InChI=1S/C13H11N3O/c1-16-8-10(9-4-2-3-5-11(9)16)12(17)13-14-6-7-15-13/h2-8H,1H3,(H,14,15).